The Bertz CT molecular complexity index is 358. The summed E-state index contributed by atoms with van der Waals surface area (Å²) in [4.78, 5) is 27.2. The minimum absolute atomic E-state index is 0.0124. The quantitative estimate of drug-likeness (QED) is 0.811. The number of aliphatic carboxylic acids is 1. The number of piperazine rings is 1. The summed E-state index contributed by atoms with van der Waals surface area (Å²) in [6.45, 7) is 11.6. The van der Waals surface area contributed by atoms with Gasteiger partial charge in [0.2, 0.25) is 0 Å². The lowest BCUT2D eigenvalue weighted by molar-refractivity contribution is -0.137. The SMILES string of the molecule is CCCC(CC(=O)O)NC(=O)N1CCN(C(C)(C)C)CC1. The van der Waals surface area contributed by atoms with Gasteiger partial charge in [0.15, 0.2) is 0 Å². The van der Waals surface area contributed by atoms with Crippen LogP contribution in [0.1, 0.15) is 47.0 Å². The van der Waals surface area contributed by atoms with Crippen molar-refractivity contribution in [1.29, 1.82) is 0 Å². The normalized spacial score (nSPS) is 18.4. The van der Waals surface area contributed by atoms with Crippen LogP contribution in [0.5, 0.6) is 0 Å². The minimum Gasteiger partial charge on any atom is -0.481 e. The molecule has 0 spiro atoms. The summed E-state index contributed by atoms with van der Waals surface area (Å²) in [5.41, 5.74) is 0.122. The highest BCUT2D eigenvalue weighted by Crippen LogP contribution is 2.16. The van der Waals surface area contributed by atoms with E-state index in [1.165, 1.54) is 0 Å². The molecule has 1 fully saturated rings. The number of nitrogens with zero attached hydrogens (tertiary/aromatic N) is 2. The molecular weight excluding hydrogens is 270 g/mol. The van der Waals surface area contributed by atoms with Crippen LogP contribution < -0.4 is 5.32 Å². The second kappa shape index (κ2) is 7.64. The first-order valence-corrected chi connectivity index (χ1v) is 7.76. The van der Waals surface area contributed by atoms with E-state index in [0.717, 1.165) is 19.5 Å². The Morgan fingerprint density at radius 1 is 1.19 bits per heavy atom. The van der Waals surface area contributed by atoms with Gasteiger partial charge >= 0.3 is 12.0 Å². The summed E-state index contributed by atoms with van der Waals surface area (Å²) in [5, 5.41) is 11.7. The molecule has 1 heterocycles. The number of rotatable bonds is 5. The summed E-state index contributed by atoms with van der Waals surface area (Å²) in [6.07, 6.45) is 1.54. The summed E-state index contributed by atoms with van der Waals surface area (Å²) in [5.74, 6) is -0.869. The highest BCUT2D eigenvalue weighted by Gasteiger charge is 2.28. The standard InChI is InChI=1S/C15H29N3O3/c1-5-6-12(11-13(19)20)16-14(21)17-7-9-18(10-8-17)15(2,3)4/h12H,5-11H2,1-4H3,(H,16,21)(H,19,20). The molecule has 0 aromatic heterocycles. The van der Waals surface area contributed by atoms with Crippen LogP contribution in [0.15, 0.2) is 0 Å². The smallest absolute Gasteiger partial charge is 0.317 e. The first-order chi connectivity index (χ1) is 9.74. The summed E-state index contributed by atoms with van der Waals surface area (Å²) < 4.78 is 0. The van der Waals surface area contributed by atoms with E-state index < -0.39 is 5.97 Å². The molecule has 0 saturated carbocycles. The van der Waals surface area contributed by atoms with Crippen molar-refractivity contribution in [2.45, 2.75) is 58.5 Å². The molecule has 1 saturated heterocycles. The molecule has 1 aliphatic rings. The molecular formula is C15H29N3O3. The van der Waals surface area contributed by atoms with Crippen molar-refractivity contribution in [3.8, 4) is 0 Å². The highest BCUT2D eigenvalue weighted by atomic mass is 16.4. The van der Waals surface area contributed by atoms with Gasteiger partial charge in [-0.15, -0.1) is 0 Å². The van der Waals surface area contributed by atoms with Gasteiger partial charge in [-0.2, -0.15) is 0 Å². The van der Waals surface area contributed by atoms with Gasteiger partial charge in [0.25, 0.3) is 0 Å². The van der Waals surface area contributed by atoms with Crippen LogP contribution in [0.4, 0.5) is 4.79 Å². The van der Waals surface area contributed by atoms with Gasteiger partial charge in [-0.1, -0.05) is 13.3 Å². The zero-order valence-corrected chi connectivity index (χ0v) is 13.7. The predicted molar refractivity (Wildman–Crippen MR) is 82.4 cm³/mol. The Balaban J connectivity index is 2.47. The largest absolute Gasteiger partial charge is 0.481 e. The average molecular weight is 299 g/mol. The lowest BCUT2D eigenvalue weighted by atomic mass is 10.1. The van der Waals surface area contributed by atoms with E-state index in [1.807, 2.05) is 6.92 Å². The Labute approximate surface area is 127 Å². The Hall–Kier alpha value is -1.30. The highest BCUT2D eigenvalue weighted by molar-refractivity contribution is 5.76. The van der Waals surface area contributed by atoms with Gasteiger partial charge in [-0.3, -0.25) is 9.69 Å². The molecule has 1 aliphatic heterocycles. The molecule has 0 radical (unpaired) electrons. The van der Waals surface area contributed by atoms with E-state index in [-0.39, 0.29) is 24.0 Å². The maximum atomic E-state index is 12.2. The van der Waals surface area contributed by atoms with Crippen molar-refractivity contribution >= 4 is 12.0 Å². The number of hydrogen-bond acceptors (Lipinski definition) is 3. The zero-order valence-electron chi connectivity index (χ0n) is 13.7. The number of amides is 2. The Morgan fingerprint density at radius 2 is 1.76 bits per heavy atom. The van der Waals surface area contributed by atoms with E-state index in [1.54, 1.807) is 4.90 Å². The van der Waals surface area contributed by atoms with E-state index in [0.29, 0.717) is 19.5 Å². The Kier molecular flexibility index (Phi) is 6.45. The van der Waals surface area contributed by atoms with Crippen molar-refractivity contribution in [3.05, 3.63) is 0 Å². The molecule has 2 N–H and O–H groups in total. The predicted octanol–water partition coefficient (Wildman–Crippen LogP) is 1.76. The first-order valence-electron chi connectivity index (χ1n) is 7.76. The average Bonchev–Trinajstić information content (AvgIpc) is 2.37. The summed E-state index contributed by atoms with van der Waals surface area (Å²) >= 11 is 0. The van der Waals surface area contributed by atoms with Gasteiger partial charge in [0, 0.05) is 37.8 Å². The van der Waals surface area contributed by atoms with Crippen molar-refractivity contribution in [2.24, 2.45) is 0 Å². The molecule has 6 heteroatoms. The molecule has 0 aromatic carbocycles. The fraction of sp³-hybridized carbons (Fsp3) is 0.867. The first kappa shape index (κ1) is 17.8. The van der Waals surface area contributed by atoms with E-state index in [9.17, 15) is 9.59 Å². The molecule has 0 bridgehead atoms. The number of carbonyl (C=O) groups is 2. The second-order valence-electron chi connectivity index (χ2n) is 6.68. The fourth-order valence-electron chi connectivity index (χ4n) is 2.63. The van der Waals surface area contributed by atoms with Crippen molar-refractivity contribution in [1.82, 2.24) is 15.1 Å². The maximum absolute atomic E-state index is 12.2. The molecule has 2 amide bonds. The van der Waals surface area contributed by atoms with E-state index in [4.69, 9.17) is 5.11 Å². The van der Waals surface area contributed by atoms with Gasteiger partial charge < -0.3 is 15.3 Å². The van der Waals surface area contributed by atoms with Gasteiger partial charge in [0.05, 0.1) is 6.42 Å². The zero-order chi connectivity index (χ0) is 16.0. The number of hydrogen-bond donors (Lipinski definition) is 2. The number of carbonyl (C=O) groups excluding carboxylic acids is 1. The topological polar surface area (TPSA) is 72.9 Å². The van der Waals surface area contributed by atoms with Crippen molar-refractivity contribution in [3.63, 3.8) is 0 Å². The number of carboxylic acid groups (broad SMARTS) is 1. The molecule has 21 heavy (non-hydrogen) atoms. The van der Waals surface area contributed by atoms with Gasteiger partial charge in [-0.25, -0.2) is 4.79 Å². The van der Waals surface area contributed by atoms with Crippen molar-refractivity contribution in [2.75, 3.05) is 26.2 Å². The number of urea groups is 1. The lowest BCUT2D eigenvalue weighted by Gasteiger charge is -2.42. The molecule has 6 nitrogen and oxygen atoms in total. The molecule has 122 valence electrons. The van der Waals surface area contributed by atoms with Crippen molar-refractivity contribution < 1.29 is 14.7 Å². The third kappa shape index (κ3) is 5.91. The second-order valence-corrected chi connectivity index (χ2v) is 6.68. The molecule has 1 rings (SSSR count). The molecule has 1 atom stereocenters. The van der Waals surface area contributed by atoms with Gasteiger partial charge in [-0.05, 0) is 27.2 Å². The van der Waals surface area contributed by atoms with E-state index >= 15 is 0 Å². The summed E-state index contributed by atoms with van der Waals surface area (Å²) in [6, 6.07) is -0.413. The fourth-order valence-corrected chi connectivity index (χ4v) is 2.63. The van der Waals surface area contributed by atoms with Crippen LogP contribution in [0.2, 0.25) is 0 Å². The van der Waals surface area contributed by atoms with Crippen LogP contribution in [-0.4, -0.2) is 64.7 Å². The van der Waals surface area contributed by atoms with Crippen LogP contribution in [0, 0.1) is 0 Å². The number of carboxylic acids is 1. The number of nitrogens with one attached hydrogen (secondary N) is 1. The third-order valence-corrected chi connectivity index (χ3v) is 3.90. The van der Waals surface area contributed by atoms with Crippen LogP contribution >= 0.6 is 0 Å². The summed E-state index contributed by atoms with van der Waals surface area (Å²) in [7, 11) is 0. The maximum Gasteiger partial charge on any atom is 0.317 e. The van der Waals surface area contributed by atoms with Crippen LogP contribution in [0.25, 0.3) is 0 Å². The molecule has 0 aliphatic carbocycles. The Morgan fingerprint density at radius 3 is 2.19 bits per heavy atom. The third-order valence-electron chi connectivity index (χ3n) is 3.90. The monoisotopic (exact) mass is 299 g/mol. The lowest BCUT2D eigenvalue weighted by Crippen LogP contribution is -2.57. The van der Waals surface area contributed by atoms with Crippen LogP contribution in [0.3, 0.4) is 0 Å². The molecule has 1 unspecified atom stereocenters. The van der Waals surface area contributed by atoms with Gasteiger partial charge in [0.1, 0.15) is 0 Å². The minimum atomic E-state index is -0.869. The van der Waals surface area contributed by atoms with Crippen LogP contribution in [-0.2, 0) is 4.79 Å². The van der Waals surface area contributed by atoms with E-state index in [2.05, 4.69) is 31.0 Å². The molecule has 0 aromatic rings.